The normalized spacial score (nSPS) is 14.9. The Morgan fingerprint density at radius 2 is 1.20 bits per heavy atom. The summed E-state index contributed by atoms with van der Waals surface area (Å²) in [6, 6.07) is 32.2. The molecule has 0 unspecified atom stereocenters. The molecule has 0 aliphatic heterocycles. The highest BCUT2D eigenvalue weighted by Gasteiger charge is 2.53. The Labute approximate surface area is 209 Å². The zero-order valence-electron chi connectivity index (χ0n) is 21.8. The Bertz CT molecular complexity index is 1540. The van der Waals surface area contributed by atoms with Gasteiger partial charge in [0.25, 0.3) is 0 Å². The van der Waals surface area contributed by atoms with Crippen LogP contribution in [0.3, 0.4) is 0 Å². The molecule has 0 atom stereocenters. The molecule has 1 heteroatoms. The molecule has 0 spiro atoms. The lowest BCUT2D eigenvalue weighted by Crippen LogP contribution is -2.42. The SMILES string of the molecule is CCC(C)(C)C1(c2ccc3[nH]c4ccc(C(C)(C)C)cc4c3c2)c2ccccc2-c2ccccc21. The molecule has 1 heterocycles. The smallest absolute Gasteiger partial charge is 0.0514 e. The molecule has 1 aliphatic carbocycles. The maximum absolute atomic E-state index is 3.68. The largest absolute Gasteiger partial charge is 0.355 e. The molecule has 0 radical (unpaired) electrons. The highest BCUT2D eigenvalue weighted by molar-refractivity contribution is 6.08. The van der Waals surface area contributed by atoms with Gasteiger partial charge in [0.2, 0.25) is 0 Å². The van der Waals surface area contributed by atoms with Crippen molar-refractivity contribution in [3.8, 4) is 11.1 Å². The quantitative estimate of drug-likeness (QED) is 0.278. The van der Waals surface area contributed by atoms with Gasteiger partial charge < -0.3 is 4.98 Å². The van der Waals surface area contributed by atoms with Crippen LogP contribution in [0.25, 0.3) is 32.9 Å². The van der Waals surface area contributed by atoms with E-state index in [4.69, 9.17) is 0 Å². The average molecular weight is 458 g/mol. The van der Waals surface area contributed by atoms with Crippen LogP contribution in [0.4, 0.5) is 0 Å². The minimum Gasteiger partial charge on any atom is -0.355 e. The summed E-state index contributed by atoms with van der Waals surface area (Å²) < 4.78 is 0. The van der Waals surface area contributed by atoms with Crippen molar-refractivity contribution in [2.24, 2.45) is 5.41 Å². The molecule has 0 saturated heterocycles. The Morgan fingerprint density at radius 3 is 1.77 bits per heavy atom. The van der Waals surface area contributed by atoms with Gasteiger partial charge in [0.15, 0.2) is 0 Å². The molecule has 0 fully saturated rings. The van der Waals surface area contributed by atoms with Crippen LogP contribution in [0.5, 0.6) is 0 Å². The van der Waals surface area contributed by atoms with Gasteiger partial charge >= 0.3 is 0 Å². The molecule has 0 amide bonds. The first kappa shape index (κ1) is 22.2. The highest BCUT2D eigenvalue weighted by atomic mass is 14.7. The topological polar surface area (TPSA) is 15.8 Å². The molecule has 1 aromatic heterocycles. The van der Waals surface area contributed by atoms with Gasteiger partial charge in [-0.1, -0.05) is 102 Å². The minimum absolute atomic E-state index is 0.0199. The third kappa shape index (κ3) is 2.94. The summed E-state index contributed by atoms with van der Waals surface area (Å²) in [4.78, 5) is 3.68. The van der Waals surface area contributed by atoms with Crippen molar-refractivity contribution in [3.05, 3.63) is 107 Å². The number of aromatic amines is 1. The number of rotatable bonds is 3. The molecular weight excluding hydrogens is 422 g/mol. The first-order valence-corrected chi connectivity index (χ1v) is 12.9. The number of hydrogen-bond acceptors (Lipinski definition) is 0. The summed E-state index contributed by atoms with van der Waals surface area (Å²) in [5.41, 5.74) is 10.7. The van der Waals surface area contributed by atoms with Crippen molar-refractivity contribution in [2.75, 3.05) is 0 Å². The van der Waals surface area contributed by atoms with Crippen LogP contribution in [-0.2, 0) is 10.8 Å². The number of benzene rings is 4. The van der Waals surface area contributed by atoms with Crippen LogP contribution in [0, 0.1) is 5.41 Å². The van der Waals surface area contributed by atoms with Gasteiger partial charge in [0.1, 0.15) is 0 Å². The molecule has 0 bridgehead atoms. The summed E-state index contributed by atoms with van der Waals surface area (Å²) in [5, 5.41) is 2.63. The fraction of sp³-hybridized carbons (Fsp3) is 0.294. The van der Waals surface area contributed by atoms with Crippen molar-refractivity contribution in [3.63, 3.8) is 0 Å². The fourth-order valence-corrected chi connectivity index (χ4v) is 6.53. The van der Waals surface area contributed by atoms with E-state index in [0.717, 1.165) is 6.42 Å². The minimum atomic E-state index is -0.214. The van der Waals surface area contributed by atoms with E-state index in [0.29, 0.717) is 0 Å². The first-order chi connectivity index (χ1) is 16.7. The summed E-state index contributed by atoms with van der Waals surface area (Å²) >= 11 is 0. The van der Waals surface area contributed by atoms with Gasteiger partial charge in [-0.05, 0) is 74.9 Å². The third-order valence-electron chi connectivity index (χ3n) is 8.75. The van der Waals surface area contributed by atoms with Gasteiger partial charge in [-0.3, -0.25) is 0 Å². The summed E-state index contributed by atoms with van der Waals surface area (Å²) in [7, 11) is 0. The molecule has 1 aliphatic rings. The van der Waals surface area contributed by atoms with Gasteiger partial charge in [0.05, 0.1) is 5.41 Å². The molecule has 176 valence electrons. The van der Waals surface area contributed by atoms with Crippen LogP contribution < -0.4 is 0 Å². The second kappa shape index (κ2) is 7.34. The van der Waals surface area contributed by atoms with Gasteiger partial charge in [-0.25, -0.2) is 0 Å². The Balaban J connectivity index is 1.72. The summed E-state index contributed by atoms with van der Waals surface area (Å²) in [6.45, 7) is 14.1. The lowest BCUT2D eigenvalue weighted by atomic mass is 9.56. The maximum Gasteiger partial charge on any atom is 0.0514 e. The van der Waals surface area contributed by atoms with Gasteiger partial charge in [-0.15, -0.1) is 0 Å². The van der Waals surface area contributed by atoms with Gasteiger partial charge in [-0.2, -0.15) is 0 Å². The molecular formula is C34H35N. The standard InChI is InChI=1S/C34H35N/c1-7-33(5,6)34(28-14-10-8-12-24(28)25-13-9-11-15-29(25)34)23-17-19-31-27(21-23)26-20-22(32(2,3)4)16-18-30(26)35-31/h8-21,35H,7H2,1-6H3. The Morgan fingerprint density at radius 1 is 0.657 bits per heavy atom. The highest BCUT2D eigenvalue weighted by Crippen LogP contribution is 2.61. The molecule has 6 rings (SSSR count). The molecule has 4 aromatic carbocycles. The van der Waals surface area contributed by atoms with Crippen molar-refractivity contribution >= 4 is 21.8 Å². The van der Waals surface area contributed by atoms with E-state index in [9.17, 15) is 0 Å². The third-order valence-corrected chi connectivity index (χ3v) is 8.75. The van der Waals surface area contributed by atoms with E-state index in [1.807, 2.05) is 0 Å². The van der Waals surface area contributed by atoms with Gasteiger partial charge in [0, 0.05) is 21.8 Å². The van der Waals surface area contributed by atoms with Crippen molar-refractivity contribution in [1.82, 2.24) is 4.98 Å². The Kier molecular flexibility index (Phi) is 4.65. The molecule has 35 heavy (non-hydrogen) atoms. The monoisotopic (exact) mass is 457 g/mol. The van der Waals surface area contributed by atoms with E-state index in [1.54, 1.807) is 0 Å². The van der Waals surface area contributed by atoms with Crippen LogP contribution >= 0.6 is 0 Å². The molecule has 5 aromatic rings. The Hall–Kier alpha value is -3.32. The van der Waals surface area contributed by atoms with Crippen LogP contribution in [0.1, 0.15) is 70.2 Å². The average Bonchev–Trinajstić information content (AvgIpc) is 3.37. The van der Waals surface area contributed by atoms with Crippen LogP contribution in [-0.4, -0.2) is 4.98 Å². The van der Waals surface area contributed by atoms with Crippen molar-refractivity contribution in [1.29, 1.82) is 0 Å². The number of nitrogens with one attached hydrogen (secondary N) is 1. The maximum atomic E-state index is 3.68. The van der Waals surface area contributed by atoms with Crippen LogP contribution in [0.15, 0.2) is 84.9 Å². The second-order valence-electron chi connectivity index (χ2n) is 12.0. The lowest BCUT2D eigenvalue weighted by molar-refractivity contribution is 0.235. The number of aromatic nitrogens is 1. The van der Waals surface area contributed by atoms with E-state index >= 15 is 0 Å². The van der Waals surface area contributed by atoms with E-state index < -0.39 is 0 Å². The number of hydrogen-bond donors (Lipinski definition) is 1. The molecule has 1 nitrogen and oxygen atoms in total. The number of H-pyrrole nitrogens is 1. The van der Waals surface area contributed by atoms with Crippen LogP contribution in [0.2, 0.25) is 0 Å². The molecule has 0 saturated carbocycles. The van der Waals surface area contributed by atoms with E-state index in [-0.39, 0.29) is 16.2 Å². The zero-order chi connectivity index (χ0) is 24.6. The summed E-state index contributed by atoms with van der Waals surface area (Å²) in [5.74, 6) is 0. The zero-order valence-corrected chi connectivity index (χ0v) is 21.8. The van der Waals surface area contributed by atoms with E-state index in [1.165, 1.54) is 55.2 Å². The molecule has 1 N–H and O–H groups in total. The first-order valence-electron chi connectivity index (χ1n) is 12.9. The predicted molar refractivity (Wildman–Crippen MR) is 150 cm³/mol. The number of fused-ring (bicyclic) bond motifs is 6. The fourth-order valence-electron chi connectivity index (χ4n) is 6.53. The van der Waals surface area contributed by atoms with E-state index in [2.05, 4.69) is 131 Å². The second-order valence-corrected chi connectivity index (χ2v) is 12.0. The summed E-state index contributed by atoms with van der Waals surface area (Å²) in [6.07, 6.45) is 1.08. The predicted octanol–water partition coefficient (Wildman–Crippen LogP) is 9.37. The van der Waals surface area contributed by atoms with Crippen molar-refractivity contribution < 1.29 is 0 Å². The lowest BCUT2D eigenvalue weighted by Gasteiger charge is -2.46. The van der Waals surface area contributed by atoms with Crippen molar-refractivity contribution in [2.45, 2.75) is 58.8 Å².